The van der Waals surface area contributed by atoms with Gasteiger partial charge in [0.1, 0.15) is 6.61 Å². The van der Waals surface area contributed by atoms with Crippen LogP contribution in [0.1, 0.15) is 36.5 Å². The monoisotopic (exact) mass is 327 g/mol. The van der Waals surface area contributed by atoms with Crippen LogP contribution < -0.4 is 10.5 Å². The second kappa shape index (κ2) is 6.39. The maximum absolute atomic E-state index is 11.6. The Morgan fingerprint density at radius 1 is 1.53 bits per heavy atom. The van der Waals surface area contributed by atoms with Crippen LogP contribution >= 0.6 is 15.9 Å². The number of nitrogen functional groups attached to an aromatic ring is 1. The first-order chi connectivity index (χ1) is 9.08. The summed E-state index contributed by atoms with van der Waals surface area (Å²) in [6, 6.07) is 3.47. The molecule has 0 spiro atoms. The molecule has 1 aliphatic heterocycles. The normalized spacial score (nSPS) is 19.2. The van der Waals surface area contributed by atoms with E-state index >= 15 is 0 Å². The molecule has 0 radical (unpaired) electrons. The van der Waals surface area contributed by atoms with E-state index in [-0.39, 0.29) is 11.9 Å². The molecule has 5 heteroatoms. The van der Waals surface area contributed by atoms with Crippen molar-refractivity contribution in [2.45, 2.75) is 32.3 Å². The van der Waals surface area contributed by atoms with E-state index in [1.165, 1.54) is 6.92 Å². The molecule has 2 N–H and O–H groups in total. The minimum atomic E-state index is -0.0624. The van der Waals surface area contributed by atoms with Gasteiger partial charge in [0.25, 0.3) is 0 Å². The lowest BCUT2D eigenvalue weighted by Crippen LogP contribution is -2.26. The summed E-state index contributed by atoms with van der Waals surface area (Å²) in [5.74, 6) is 0.400. The zero-order valence-corrected chi connectivity index (χ0v) is 12.5. The molecule has 2 rings (SSSR count). The molecule has 1 aromatic rings. The average molecular weight is 328 g/mol. The minimum Gasteiger partial charge on any atom is -0.488 e. The van der Waals surface area contributed by atoms with E-state index in [1.807, 2.05) is 0 Å². The zero-order chi connectivity index (χ0) is 13.8. The number of hydrogen-bond donors (Lipinski definition) is 1. The van der Waals surface area contributed by atoms with Gasteiger partial charge in [-0.25, -0.2) is 0 Å². The van der Waals surface area contributed by atoms with Crippen molar-refractivity contribution < 1.29 is 14.3 Å². The average Bonchev–Trinajstić information content (AvgIpc) is 2.38. The standard InChI is InChI=1S/C14H18BrNO3/c1-9(17)12-6-10(15)7-13(16)14(12)19-8-11-4-2-3-5-18-11/h6-7,11H,2-5,8,16H2,1H3. The van der Waals surface area contributed by atoms with Gasteiger partial charge >= 0.3 is 0 Å². The number of halogens is 1. The quantitative estimate of drug-likeness (QED) is 0.681. The van der Waals surface area contributed by atoms with Gasteiger partial charge in [0.05, 0.1) is 17.4 Å². The molecule has 0 aliphatic carbocycles. The predicted octanol–water partition coefficient (Wildman–Crippen LogP) is 3.18. The van der Waals surface area contributed by atoms with Crippen molar-refractivity contribution in [3.8, 4) is 5.75 Å². The fraction of sp³-hybridized carbons (Fsp3) is 0.500. The van der Waals surface area contributed by atoms with Crippen LogP contribution in [0.15, 0.2) is 16.6 Å². The molecule has 1 saturated heterocycles. The van der Waals surface area contributed by atoms with Crippen LogP contribution in [0.4, 0.5) is 5.69 Å². The lowest BCUT2D eigenvalue weighted by molar-refractivity contribution is -0.0110. The van der Waals surface area contributed by atoms with E-state index in [4.69, 9.17) is 15.2 Å². The smallest absolute Gasteiger partial charge is 0.163 e. The third-order valence-electron chi connectivity index (χ3n) is 3.15. The van der Waals surface area contributed by atoms with E-state index in [2.05, 4.69) is 15.9 Å². The van der Waals surface area contributed by atoms with E-state index < -0.39 is 0 Å². The van der Waals surface area contributed by atoms with Crippen molar-refractivity contribution in [3.63, 3.8) is 0 Å². The summed E-state index contributed by atoms with van der Waals surface area (Å²) in [5.41, 5.74) is 6.90. The number of nitrogens with two attached hydrogens (primary N) is 1. The van der Waals surface area contributed by atoms with Crippen molar-refractivity contribution in [3.05, 3.63) is 22.2 Å². The van der Waals surface area contributed by atoms with Crippen LogP contribution in [0.3, 0.4) is 0 Å². The number of anilines is 1. The highest BCUT2D eigenvalue weighted by atomic mass is 79.9. The Morgan fingerprint density at radius 2 is 2.32 bits per heavy atom. The topological polar surface area (TPSA) is 61.6 Å². The van der Waals surface area contributed by atoms with Crippen molar-refractivity contribution in [2.24, 2.45) is 0 Å². The van der Waals surface area contributed by atoms with E-state index in [1.54, 1.807) is 12.1 Å². The summed E-state index contributed by atoms with van der Waals surface area (Å²) in [7, 11) is 0. The lowest BCUT2D eigenvalue weighted by atomic mass is 10.1. The third kappa shape index (κ3) is 3.70. The fourth-order valence-electron chi connectivity index (χ4n) is 2.15. The molecule has 1 aliphatic rings. The number of ketones is 1. The zero-order valence-electron chi connectivity index (χ0n) is 10.9. The number of benzene rings is 1. The van der Waals surface area contributed by atoms with Crippen molar-refractivity contribution in [2.75, 3.05) is 18.9 Å². The molecule has 1 fully saturated rings. The number of carbonyl (C=O) groups excluding carboxylic acids is 1. The number of Topliss-reactive ketones (excluding diaryl/α,β-unsaturated/α-hetero) is 1. The van der Waals surface area contributed by atoms with Crippen molar-refractivity contribution >= 4 is 27.4 Å². The summed E-state index contributed by atoms with van der Waals surface area (Å²) in [5, 5.41) is 0. The molecule has 1 heterocycles. The molecule has 0 amide bonds. The highest BCUT2D eigenvalue weighted by molar-refractivity contribution is 9.10. The Bertz CT molecular complexity index is 470. The molecule has 1 unspecified atom stereocenters. The second-order valence-electron chi connectivity index (χ2n) is 4.73. The Hall–Kier alpha value is -1.07. The Morgan fingerprint density at radius 3 is 2.95 bits per heavy atom. The summed E-state index contributed by atoms with van der Waals surface area (Å²) < 4.78 is 12.1. The van der Waals surface area contributed by atoms with Crippen LogP contribution in [-0.4, -0.2) is 25.1 Å². The van der Waals surface area contributed by atoms with Crippen molar-refractivity contribution in [1.82, 2.24) is 0 Å². The number of carbonyl (C=O) groups is 1. The molecule has 4 nitrogen and oxygen atoms in total. The van der Waals surface area contributed by atoms with Crippen LogP contribution in [0.5, 0.6) is 5.75 Å². The second-order valence-corrected chi connectivity index (χ2v) is 5.64. The number of rotatable bonds is 4. The minimum absolute atomic E-state index is 0.0624. The van der Waals surface area contributed by atoms with Crippen LogP contribution in [0.25, 0.3) is 0 Å². The highest BCUT2D eigenvalue weighted by Gasteiger charge is 2.18. The molecular weight excluding hydrogens is 310 g/mol. The summed E-state index contributed by atoms with van der Waals surface area (Å²) >= 11 is 3.33. The van der Waals surface area contributed by atoms with Crippen molar-refractivity contribution in [1.29, 1.82) is 0 Å². The predicted molar refractivity (Wildman–Crippen MR) is 77.6 cm³/mol. The van der Waals surface area contributed by atoms with E-state index in [0.29, 0.717) is 23.6 Å². The molecule has 1 atom stereocenters. The Kier molecular flexibility index (Phi) is 4.82. The first kappa shape index (κ1) is 14.3. The van der Waals surface area contributed by atoms with Gasteiger partial charge in [0.2, 0.25) is 0 Å². The van der Waals surface area contributed by atoms with Gasteiger partial charge in [0, 0.05) is 11.1 Å². The maximum atomic E-state index is 11.6. The largest absolute Gasteiger partial charge is 0.488 e. The number of ether oxygens (including phenoxy) is 2. The molecule has 0 bridgehead atoms. The van der Waals surface area contributed by atoms with Gasteiger partial charge in [0.15, 0.2) is 11.5 Å². The summed E-state index contributed by atoms with van der Waals surface area (Å²) in [6.07, 6.45) is 3.35. The van der Waals surface area contributed by atoms with Crippen LogP contribution in [0.2, 0.25) is 0 Å². The summed E-state index contributed by atoms with van der Waals surface area (Å²) in [4.78, 5) is 11.6. The van der Waals surface area contributed by atoms with Gasteiger partial charge in [-0.1, -0.05) is 15.9 Å². The Balaban J connectivity index is 2.12. The van der Waals surface area contributed by atoms with Gasteiger partial charge in [-0.3, -0.25) is 4.79 Å². The van der Waals surface area contributed by atoms with Gasteiger partial charge < -0.3 is 15.2 Å². The SMILES string of the molecule is CC(=O)c1cc(Br)cc(N)c1OCC1CCCCO1. The summed E-state index contributed by atoms with van der Waals surface area (Å²) in [6.45, 7) is 2.72. The molecule has 1 aromatic carbocycles. The first-order valence-electron chi connectivity index (χ1n) is 6.42. The van der Waals surface area contributed by atoms with Crippen LogP contribution in [0, 0.1) is 0 Å². The van der Waals surface area contributed by atoms with E-state index in [0.717, 1.165) is 30.3 Å². The number of hydrogen-bond acceptors (Lipinski definition) is 4. The van der Waals surface area contributed by atoms with Gasteiger partial charge in [-0.2, -0.15) is 0 Å². The lowest BCUT2D eigenvalue weighted by Gasteiger charge is -2.23. The Labute approximate surface area is 121 Å². The molecule has 104 valence electrons. The third-order valence-corrected chi connectivity index (χ3v) is 3.61. The van der Waals surface area contributed by atoms with Gasteiger partial charge in [-0.05, 0) is 38.3 Å². The maximum Gasteiger partial charge on any atom is 0.163 e. The highest BCUT2D eigenvalue weighted by Crippen LogP contribution is 2.31. The van der Waals surface area contributed by atoms with Gasteiger partial charge in [-0.15, -0.1) is 0 Å². The molecule has 0 aromatic heterocycles. The molecule has 19 heavy (non-hydrogen) atoms. The van der Waals surface area contributed by atoms with E-state index in [9.17, 15) is 4.79 Å². The first-order valence-corrected chi connectivity index (χ1v) is 7.21. The molecule has 0 saturated carbocycles. The molecular formula is C14H18BrNO3. The van der Waals surface area contributed by atoms with Crippen LogP contribution in [-0.2, 0) is 4.74 Å². The fourth-order valence-corrected chi connectivity index (χ4v) is 2.63.